The first kappa shape index (κ1) is 11.7. The fraction of sp³-hybridized carbons (Fsp3) is 0.636. The van der Waals surface area contributed by atoms with Gasteiger partial charge in [0, 0.05) is 25.0 Å². The number of methoxy groups -OCH3 is 2. The van der Waals surface area contributed by atoms with E-state index < -0.39 is 0 Å². The van der Waals surface area contributed by atoms with Crippen molar-refractivity contribution in [1.29, 1.82) is 0 Å². The molecular weight excluding hydrogens is 228 g/mol. The summed E-state index contributed by atoms with van der Waals surface area (Å²) < 4.78 is 21.9. The van der Waals surface area contributed by atoms with E-state index in [4.69, 9.17) is 18.9 Å². The first-order valence-corrected chi connectivity index (χ1v) is 6.04. The molecule has 0 unspecified atom stereocenters. The third-order valence-electron chi connectivity index (χ3n) is 2.56. The Hall–Kier alpha value is -0.780. The fourth-order valence-corrected chi connectivity index (χ4v) is 2.49. The van der Waals surface area contributed by atoms with Crippen LogP contribution in [0.2, 0.25) is 0 Å². The topological polar surface area (TPSA) is 36.9 Å². The van der Waals surface area contributed by atoms with E-state index in [1.807, 2.05) is 10.8 Å². The summed E-state index contributed by atoms with van der Waals surface area (Å²) in [7, 11) is 3.36. The lowest BCUT2D eigenvalue weighted by atomic mass is 9.92. The van der Waals surface area contributed by atoms with E-state index >= 15 is 0 Å². The molecule has 0 saturated carbocycles. The summed E-state index contributed by atoms with van der Waals surface area (Å²) in [4.78, 5) is 0. The third-order valence-corrected chi connectivity index (χ3v) is 3.26. The van der Waals surface area contributed by atoms with Gasteiger partial charge in [0.05, 0.1) is 18.6 Å². The van der Waals surface area contributed by atoms with Gasteiger partial charge in [0.15, 0.2) is 11.5 Å². The van der Waals surface area contributed by atoms with E-state index in [1.54, 1.807) is 25.6 Å². The van der Waals surface area contributed by atoms with Crippen LogP contribution in [-0.4, -0.2) is 40.6 Å². The molecule has 5 heteroatoms. The van der Waals surface area contributed by atoms with Gasteiger partial charge in [-0.25, -0.2) is 0 Å². The molecule has 0 fully saturated rings. The van der Waals surface area contributed by atoms with Crippen LogP contribution in [0.25, 0.3) is 0 Å². The van der Waals surface area contributed by atoms with Gasteiger partial charge in [0.25, 0.3) is 0 Å². The van der Waals surface area contributed by atoms with Gasteiger partial charge in [-0.15, -0.1) is 11.3 Å². The Morgan fingerprint density at radius 1 is 1.12 bits per heavy atom. The SMILES string of the molecule is COCC1(COC)COc2cscc2OC1. The minimum Gasteiger partial charge on any atom is -0.488 e. The number of fused-ring (bicyclic) bond motifs is 1. The van der Waals surface area contributed by atoms with Crippen LogP contribution in [0, 0.1) is 5.41 Å². The Labute approximate surface area is 99.1 Å². The molecule has 0 atom stereocenters. The first-order valence-electron chi connectivity index (χ1n) is 5.09. The normalized spacial score (nSPS) is 18.1. The van der Waals surface area contributed by atoms with Gasteiger partial charge in [0.2, 0.25) is 0 Å². The highest BCUT2D eigenvalue weighted by Crippen LogP contribution is 2.37. The minimum absolute atomic E-state index is 0.222. The van der Waals surface area contributed by atoms with Gasteiger partial charge < -0.3 is 18.9 Å². The van der Waals surface area contributed by atoms with Crippen LogP contribution in [0.1, 0.15) is 0 Å². The monoisotopic (exact) mass is 244 g/mol. The molecule has 0 radical (unpaired) electrons. The summed E-state index contributed by atoms with van der Waals surface area (Å²) in [5.74, 6) is 1.64. The van der Waals surface area contributed by atoms with Crippen LogP contribution < -0.4 is 9.47 Å². The Kier molecular flexibility index (Phi) is 3.68. The standard InChI is InChI=1S/C11H16O4S/c1-12-5-11(6-13-2)7-14-9-3-16-4-10(9)15-8-11/h3-4H,5-8H2,1-2H3. The molecule has 1 aliphatic rings. The van der Waals surface area contributed by atoms with Crippen LogP contribution in [0.15, 0.2) is 10.8 Å². The predicted octanol–water partition coefficient (Wildman–Crippen LogP) is 1.80. The first-order chi connectivity index (χ1) is 7.79. The maximum atomic E-state index is 5.73. The molecule has 1 aromatic rings. The number of rotatable bonds is 4. The van der Waals surface area contributed by atoms with Crippen molar-refractivity contribution in [3.63, 3.8) is 0 Å². The summed E-state index contributed by atoms with van der Waals surface area (Å²) in [6.07, 6.45) is 0. The molecule has 2 rings (SSSR count). The molecule has 1 aliphatic heterocycles. The molecule has 0 bridgehead atoms. The molecule has 0 saturated heterocycles. The Bertz CT molecular complexity index is 306. The van der Waals surface area contributed by atoms with Crippen molar-refractivity contribution >= 4 is 11.3 Å². The number of hydrogen-bond acceptors (Lipinski definition) is 5. The van der Waals surface area contributed by atoms with E-state index in [1.165, 1.54) is 0 Å². The lowest BCUT2D eigenvalue weighted by Crippen LogP contribution is -2.41. The van der Waals surface area contributed by atoms with Crippen molar-refractivity contribution in [2.75, 3.05) is 40.6 Å². The molecule has 0 aromatic carbocycles. The predicted molar refractivity (Wildman–Crippen MR) is 61.5 cm³/mol. The van der Waals surface area contributed by atoms with Gasteiger partial charge in [-0.2, -0.15) is 0 Å². The van der Waals surface area contributed by atoms with Crippen LogP contribution in [0.3, 0.4) is 0 Å². The number of thiophene rings is 1. The molecule has 0 aliphatic carbocycles. The highest BCUT2D eigenvalue weighted by atomic mass is 32.1. The summed E-state index contributed by atoms with van der Waals surface area (Å²) in [5, 5.41) is 3.90. The van der Waals surface area contributed by atoms with Crippen LogP contribution in [0.5, 0.6) is 11.5 Å². The summed E-state index contributed by atoms with van der Waals surface area (Å²) >= 11 is 1.58. The van der Waals surface area contributed by atoms with Gasteiger partial charge in [-0.1, -0.05) is 0 Å². The van der Waals surface area contributed by atoms with Crippen molar-refractivity contribution in [2.45, 2.75) is 0 Å². The Morgan fingerprint density at radius 2 is 1.62 bits per heavy atom. The Balaban J connectivity index is 2.10. The average molecular weight is 244 g/mol. The molecule has 2 heterocycles. The largest absolute Gasteiger partial charge is 0.488 e. The zero-order chi connectivity index (χ0) is 11.4. The highest BCUT2D eigenvalue weighted by Gasteiger charge is 2.35. The van der Waals surface area contributed by atoms with Crippen molar-refractivity contribution < 1.29 is 18.9 Å². The lowest BCUT2D eigenvalue weighted by Gasteiger charge is -2.29. The molecule has 1 aromatic heterocycles. The smallest absolute Gasteiger partial charge is 0.171 e. The van der Waals surface area contributed by atoms with E-state index in [9.17, 15) is 0 Å². The average Bonchev–Trinajstić information content (AvgIpc) is 2.66. The molecule has 90 valence electrons. The molecule has 0 N–H and O–H groups in total. The van der Waals surface area contributed by atoms with E-state index in [0.717, 1.165) is 11.5 Å². The van der Waals surface area contributed by atoms with E-state index in [0.29, 0.717) is 26.4 Å². The maximum absolute atomic E-state index is 5.73. The molecule has 0 spiro atoms. The second kappa shape index (κ2) is 5.03. The van der Waals surface area contributed by atoms with E-state index in [2.05, 4.69) is 0 Å². The summed E-state index contributed by atoms with van der Waals surface area (Å²) in [6, 6.07) is 0. The van der Waals surface area contributed by atoms with Crippen LogP contribution in [0.4, 0.5) is 0 Å². The van der Waals surface area contributed by atoms with Crippen LogP contribution in [-0.2, 0) is 9.47 Å². The van der Waals surface area contributed by atoms with Gasteiger partial charge in [-0.3, -0.25) is 0 Å². The number of ether oxygens (including phenoxy) is 4. The molecule has 0 amide bonds. The van der Waals surface area contributed by atoms with Crippen molar-refractivity contribution in [3.8, 4) is 11.5 Å². The van der Waals surface area contributed by atoms with Crippen molar-refractivity contribution in [3.05, 3.63) is 10.8 Å². The second-order valence-corrected chi connectivity index (χ2v) is 4.79. The zero-order valence-electron chi connectivity index (χ0n) is 9.52. The van der Waals surface area contributed by atoms with Gasteiger partial charge in [-0.05, 0) is 0 Å². The molecule has 16 heavy (non-hydrogen) atoms. The second-order valence-electron chi connectivity index (χ2n) is 4.04. The third kappa shape index (κ3) is 2.31. The lowest BCUT2D eigenvalue weighted by molar-refractivity contribution is -0.0360. The van der Waals surface area contributed by atoms with Gasteiger partial charge in [0.1, 0.15) is 13.2 Å². The summed E-state index contributed by atoms with van der Waals surface area (Å²) in [6.45, 7) is 2.24. The molecule has 4 nitrogen and oxygen atoms in total. The Morgan fingerprint density at radius 3 is 2.06 bits per heavy atom. The quantitative estimate of drug-likeness (QED) is 0.809. The van der Waals surface area contributed by atoms with Gasteiger partial charge >= 0.3 is 0 Å². The highest BCUT2D eigenvalue weighted by molar-refractivity contribution is 7.08. The zero-order valence-corrected chi connectivity index (χ0v) is 10.3. The molecular formula is C11H16O4S. The maximum Gasteiger partial charge on any atom is 0.171 e. The van der Waals surface area contributed by atoms with Crippen molar-refractivity contribution in [1.82, 2.24) is 0 Å². The minimum atomic E-state index is -0.222. The number of hydrogen-bond donors (Lipinski definition) is 0. The van der Waals surface area contributed by atoms with E-state index in [-0.39, 0.29) is 5.41 Å². The van der Waals surface area contributed by atoms with Crippen molar-refractivity contribution in [2.24, 2.45) is 5.41 Å². The fourth-order valence-electron chi connectivity index (χ4n) is 1.81. The summed E-state index contributed by atoms with van der Waals surface area (Å²) in [5.41, 5.74) is -0.222. The van der Waals surface area contributed by atoms with Crippen LogP contribution >= 0.6 is 11.3 Å².